The number of aromatic nitrogens is 1. The zero-order chi connectivity index (χ0) is 16.8. The molecule has 0 unspecified atom stereocenters. The summed E-state index contributed by atoms with van der Waals surface area (Å²) in [5, 5.41) is 2.88. The first-order valence-corrected chi connectivity index (χ1v) is 7.44. The minimum Gasteiger partial charge on any atom is -0.493 e. The number of carbonyl (C=O) groups excluding carboxylic acids is 1. The summed E-state index contributed by atoms with van der Waals surface area (Å²) < 4.78 is 15.9. The van der Waals surface area contributed by atoms with Gasteiger partial charge in [-0.1, -0.05) is 6.07 Å². The van der Waals surface area contributed by atoms with E-state index in [1.165, 1.54) is 0 Å². The second-order valence-corrected chi connectivity index (χ2v) is 5.21. The highest BCUT2D eigenvalue weighted by molar-refractivity contribution is 5.78. The van der Waals surface area contributed by atoms with Crippen LogP contribution in [-0.2, 0) is 17.6 Å². The smallest absolute Gasteiger partial charge is 0.224 e. The van der Waals surface area contributed by atoms with Gasteiger partial charge in [-0.3, -0.25) is 4.79 Å². The van der Waals surface area contributed by atoms with Crippen LogP contribution >= 0.6 is 0 Å². The lowest BCUT2D eigenvalue weighted by molar-refractivity contribution is -0.120. The molecular formula is C17H22N2O4. The Hall–Kier alpha value is -2.50. The predicted molar refractivity (Wildman–Crippen MR) is 85.9 cm³/mol. The van der Waals surface area contributed by atoms with Crippen LogP contribution in [0.3, 0.4) is 0 Å². The summed E-state index contributed by atoms with van der Waals surface area (Å²) in [6.07, 6.45) is 0.916. The van der Waals surface area contributed by atoms with Gasteiger partial charge in [0.25, 0.3) is 0 Å². The Morgan fingerprint density at radius 2 is 1.96 bits per heavy atom. The quantitative estimate of drug-likeness (QED) is 0.847. The summed E-state index contributed by atoms with van der Waals surface area (Å²) in [5.41, 5.74) is 1.74. The van der Waals surface area contributed by atoms with Crippen molar-refractivity contribution in [1.29, 1.82) is 0 Å². The first kappa shape index (κ1) is 16.9. The molecule has 0 bridgehead atoms. The second-order valence-electron chi connectivity index (χ2n) is 5.21. The molecule has 0 saturated heterocycles. The SMILES string of the molecule is COc1ccc(CC(=O)NCCc2oc(C)nc2C)cc1OC. The van der Waals surface area contributed by atoms with Crippen LogP contribution in [0, 0.1) is 13.8 Å². The molecule has 0 radical (unpaired) electrons. The highest BCUT2D eigenvalue weighted by Crippen LogP contribution is 2.27. The molecule has 124 valence electrons. The lowest BCUT2D eigenvalue weighted by Gasteiger charge is -2.09. The third kappa shape index (κ3) is 4.48. The van der Waals surface area contributed by atoms with Crippen LogP contribution in [-0.4, -0.2) is 31.7 Å². The van der Waals surface area contributed by atoms with E-state index in [2.05, 4.69) is 10.3 Å². The van der Waals surface area contributed by atoms with E-state index in [4.69, 9.17) is 13.9 Å². The van der Waals surface area contributed by atoms with Crippen LogP contribution in [0.4, 0.5) is 0 Å². The first-order valence-electron chi connectivity index (χ1n) is 7.44. The zero-order valence-electron chi connectivity index (χ0n) is 13.9. The van der Waals surface area contributed by atoms with Crippen molar-refractivity contribution in [2.24, 2.45) is 0 Å². The number of ether oxygens (including phenoxy) is 2. The molecule has 2 rings (SSSR count). The molecule has 6 nitrogen and oxygen atoms in total. The molecule has 6 heteroatoms. The molecule has 0 spiro atoms. The second kappa shape index (κ2) is 7.67. The fourth-order valence-corrected chi connectivity index (χ4v) is 2.36. The lowest BCUT2D eigenvalue weighted by Crippen LogP contribution is -2.27. The molecular weight excluding hydrogens is 296 g/mol. The van der Waals surface area contributed by atoms with Crippen molar-refractivity contribution in [2.45, 2.75) is 26.7 Å². The Kier molecular flexibility index (Phi) is 5.62. The maximum absolute atomic E-state index is 12.0. The van der Waals surface area contributed by atoms with Crippen molar-refractivity contribution in [2.75, 3.05) is 20.8 Å². The van der Waals surface area contributed by atoms with Crippen LogP contribution in [0.15, 0.2) is 22.6 Å². The Labute approximate surface area is 135 Å². The van der Waals surface area contributed by atoms with Gasteiger partial charge in [0.15, 0.2) is 17.4 Å². The third-order valence-corrected chi connectivity index (χ3v) is 3.49. The van der Waals surface area contributed by atoms with E-state index in [1.807, 2.05) is 26.0 Å². The van der Waals surface area contributed by atoms with Crippen LogP contribution < -0.4 is 14.8 Å². The summed E-state index contributed by atoms with van der Waals surface area (Å²) in [7, 11) is 3.15. The Bertz CT molecular complexity index is 679. The number of aryl methyl sites for hydroxylation is 2. The molecule has 1 N–H and O–H groups in total. The maximum atomic E-state index is 12.0. The van der Waals surface area contributed by atoms with E-state index in [0.717, 1.165) is 17.0 Å². The number of rotatable bonds is 7. The topological polar surface area (TPSA) is 73.6 Å². The summed E-state index contributed by atoms with van der Waals surface area (Å²) in [4.78, 5) is 16.2. The highest BCUT2D eigenvalue weighted by atomic mass is 16.5. The Balaban J connectivity index is 1.86. The van der Waals surface area contributed by atoms with Gasteiger partial charge in [0, 0.05) is 19.9 Å². The molecule has 2 aromatic rings. The van der Waals surface area contributed by atoms with E-state index in [1.54, 1.807) is 20.3 Å². The van der Waals surface area contributed by atoms with Gasteiger partial charge in [-0.25, -0.2) is 4.98 Å². The molecule has 1 amide bonds. The molecule has 0 aliphatic heterocycles. The molecule has 0 aliphatic carbocycles. The number of hydrogen-bond donors (Lipinski definition) is 1. The largest absolute Gasteiger partial charge is 0.493 e. The van der Waals surface area contributed by atoms with Crippen molar-refractivity contribution in [3.05, 3.63) is 41.1 Å². The number of nitrogens with zero attached hydrogens (tertiary/aromatic N) is 1. The minimum absolute atomic E-state index is 0.0499. The summed E-state index contributed by atoms with van der Waals surface area (Å²) >= 11 is 0. The van der Waals surface area contributed by atoms with Crippen molar-refractivity contribution < 1.29 is 18.7 Å². The van der Waals surface area contributed by atoms with Crippen molar-refractivity contribution in [3.63, 3.8) is 0 Å². The first-order chi connectivity index (χ1) is 11.0. The van der Waals surface area contributed by atoms with E-state index in [9.17, 15) is 4.79 Å². The van der Waals surface area contributed by atoms with Gasteiger partial charge in [0.05, 0.1) is 26.3 Å². The summed E-state index contributed by atoms with van der Waals surface area (Å²) in [6.45, 7) is 4.23. The van der Waals surface area contributed by atoms with Crippen molar-refractivity contribution in [1.82, 2.24) is 10.3 Å². The van der Waals surface area contributed by atoms with Crippen LogP contribution in [0.2, 0.25) is 0 Å². The fourth-order valence-electron chi connectivity index (χ4n) is 2.36. The Morgan fingerprint density at radius 3 is 2.57 bits per heavy atom. The van der Waals surface area contributed by atoms with Crippen LogP contribution in [0.1, 0.15) is 22.9 Å². The van der Waals surface area contributed by atoms with Crippen molar-refractivity contribution >= 4 is 5.91 Å². The minimum atomic E-state index is -0.0499. The molecule has 1 heterocycles. The lowest BCUT2D eigenvalue weighted by atomic mass is 10.1. The van der Waals surface area contributed by atoms with Gasteiger partial charge >= 0.3 is 0 Å². The van der Waals surface area contributed by atoms with E-state index in [0.29, 0.717) is 30.4 Å². The molecule has 0 fully saturated rings. The van der Waals surface area contributed by atoms with Crippen LogP contribution in [0.5, 0.6) is 11.5 Å². The average Bonchev–Trinajstić information content (AvgIpc) is 2.85. The number of methoxy groups -OCH3 is 2. The standard InChI is InChI=1S/C17H22N2O4/c1-11-14(23-12(2)19-11)7-8-18-17(20)10-13-5-6-15(21-3)16(9-13)22-4/h5-6,9H,7-8,10H2,1-4H3,(H,18,20). The van der Waals surface area contributed by atoms with Crippen LogP contribution in [0.25, 0.3) is 0 Å². The van der Waals surface area contributed by atoms with Gasteiger partial charge < -0.3 is 19.2 Å². The molecule has 23 heavy (non-hydrogen) atoms. The molecule has 0 saturated carbocycles. The van der Waals surface area contributed by atoms with Gasteiger partial charge in [0.2, 0.25) is 5.91 Å². The van der Waals surface area contributed by atoms with Crippen molar-refractivity contribution in [3.8, 4) is 11.5 Å². The highest BCUT2D eigenvalue weighted by Gasteiger charge is 2.10. The van der Waals surface area contributed by atoms with Gasteiger partial charge in [0.1, 0.15) is 5.76 Å². The monoisotopic (exact) mass is 318 g/mol. The number of benzene rings is 1. The predicted octanol–water partition coefficient (Wildman–Crippen LogP) is 2.21. The van der Waals surface area contributed by atoms with E-state index >= 15 is 0 Å². The Morgan fingerprint density at radius 1 is 1.22 bits per heavy atom. The average molecular weight is 318 g/mol. The van der Waals surface area contributed by atoms with E-state index < -0.39 is 0 Å². The van der Waals surface area contributed by atoms with Gasteiger partial charge in [-0.15, -0.1) is 0 Å². The number of carbonyl (C=O) groups is 1. The number of amides is 1. The summed E-state index contributed by atoms with van der Waals surface area (Å²) in [5.74, 6) is 2.67. The fraction of sp³-hybridized carbons (Fsp3) is 0.412. The normalized spacial score (nSPS) is 10.4. The third-order valence-electron chi connectivity index (χ3n) is 3.49. The molecule has 0 atom stereocenters. The molecule has 1 aromatic heterocycles. The maximum Gasteiger partial charge on any atom is 0.224 e. The van der Waals surface area contributed by atoms with Gasteiger partial charge in [-0.2, -0.15) is 0 Å². The molecule has 0 aliphatic rings. The summed E-state index contributed by atoms with van der Waals surface area (Å²) in [6, 6.07) is 5.45. The number of nitrogens with one attached hydrogen (secondary N) is 1. The molecule has 1 aromatic carbocycles. The van der Waals surface area contributed by atoms with E-state index in [-0.39, 0.29) is 12.3 Å². The number of oxazole rings is 1. The number of hydrogen-bond acceptors (Lipinski definition) is 5. The zero-order valence-corrected chi connectivity index (χ0v) is 13.9. The van der Waals surface area contributed by atoms with Gasteiger partial charge in [-0.05, 0) is 24.6 Å².